The van der Waals surface area contributed by atoms with E-state index in [-0.39, 0.29) is 23.6 Å². The monoisotopic (exact) mass is 355 g/mol. The molecule has 1 aromatic carbocycles. The van der Waals surface area contributed by atoms with Gasteiger partial charge in [-0.05, 0) is 37.4 Å². The van der Waals surface area contributed by atoms with E-state index in [2.05, 4.69) is 39.6 Å². The van der Waals surface area contributed by atoms with Gasteiger partial charge in [-0.25, -0.2) is 0 Å². The van der Waals surface area contributed by atoms with Gasteiger partial charge in [-0.15, -0.1) is 0 Å². The van der Waals surface area contributed by atoms with Crippen LogP contribution in [0.5, 0.6) is 0 Å². The largest absolute Gasteiger partial charge is 0.351 e. The van der Waals surface area contributed by atoms with Gasteiger partial charge in [0.05, 0.1) is 11.7 Å². The molecule has 0 bridgehead atoms. The average molecular weight is 355 g/mol. The van der Waals surface area contributed by atoms with Crippen molar-refractivity contribution < 1.29 is 9.32 Å². The summed E-state index contributed by atoms with van der Waals surface area (Å²) in [6, 6.07) is 12.4. The van der Waals surface area contributed by atoms with Crippen LogP contribution in [-0.4, -0.2) is 35.6 Å². The average Bonchev–Trinajstić information content (AvgIpc) is 3.01. The molecule has 1 aliphatic heterocycles. The second-order valence-electron chi connectivity index (χ2n) is 7.36. The molecular formula is C21H29N3O2. The van der Waals surface area contributed by atoms with Gasteiger partial charge in [0.25, 0.3) is 5.91 Å². The van der Waals surface area contributed by atoms with Crippen LogP contribution in [0.2, 0.25) is 0 Å². The van der Waals surface area contributed by atoms with Crippen LogP contribution >= 0.6 is 0 Å². The van der Waals surface area contributed by atoms with Crippen molar-refractivity contribution in [2.24, 2.45) is 0 Å². The van der Waals surface area contributed by atoms with Crippen molar-refractivity contribution in [1.82, 2.24) is 15.4 Å². The minimum atomic E-state index is -0.194. The van der Waals surface area contributed by atoms with Gasteiger partial charge < -0.3 is 9.84 Å². The number of hydrogen-bond donors (Lipinski definition) is 1. The molecule has 140 valence electrons. The van der Waals surface area contributed by atoms with Crippen molar-refractivity contribution in [3.8, 4) is 0 Å². The van der Waals surface area contributed by atoms with Gasteiger partial charge in [-0.2, -0.15) is 0 Å². The van der Waals surface area contributed by atoms with E-state index in [0.717, 1.165) is 18.8 Å². The van der Waals surface area contributed by atoms with Crippen molar-refractivity contribution in [3.63, 3.8) is 0 Å². The molecule has 1 fully saturated rings. The van der Waals surface area contributed by atoms with Gasteiger partial charge in [0, 0.05) is 12.6 Å². The Hall–Kier alpha value is -2.14. The Morgan fingerprint density at radius 1 is 1.15 bits per heavy atom. The fraction of sp³-hybridized carbons (Fsp3) is 0.524. The highest BCUT2D eigenvalue weighted by Crippen LogP contribution is 2.24. The lowest BCUT2D eigenvalue weighted by atomic mass is 10.0. The minimum absolute atomic E-state index is 0.186. The van der Waals surface area contributed by atoms with Gasteiger partial charge in [-0.3, -0.25) is 9.69 Å². The predicted molar refractivity (Wildman–Crippen MR) is 102 cm³/mol. The normalized spacial score (nSPS) is 17.0. The topological polar surface area (TPSA) is 58.4 Å². The summed E-state index contributed by atoms with van der Waals surface area (Å²) in [4.78, 5) is 15.0. The smallest absolute Gasteiger partial charge is 0.289 e. The standard InChI is InChI=1S/C21H29N3O2/c1-16(2)18-14-20(26-23-18)21(25)22-15-19(17-10-6-5-7-11-17)24-12-8-3-4-9-13-24/h5-7,10-11,14,16,19H,3-4,8-9,12-13,15H2,1-2H3,(H,22,25)/t19-/m1/s1. The molecule has 1 aliphatic rings. The van der Waals surface area contributed by atoms with E-state index < -0.39 is 0 Å². The summed E-state index contributed by atoms with van der Waals surface area (Å²) in [6.45, 7) is 6.79. The highest BCUT2D eigenvalue weighted by atomic mass is 16.5. The number of likely N-dealkylation sites (tertiary alicyclic amines) is 1. The Morgan fingerprint density at radius 2 is 1.85 bits per heavy atom. The molecule has 0 spiro atoms. The molecule has 1 atom stereocenters. The Morgan fingerprint density at radius 3 is 2.46 bits per heavy atom. The lowest BCUT2D eigenvalue weighted by Gasteiger charge is -2.31. The quantitative estimate of drug-likeness (QED) is 0.846. The first kappa shape index (κ1) is 18.6. The zero-order chi connectivity index (χ0) is 18.4. The second-order valence-corrected chi connectivity index (χ2v) is 7.36. The summed E-state index contributed by atoms with van der Waals surface area (Å²) >= 11 is 0. The lowest BCUT2D eigenvalue weighted by molar-refractivity contribution is 0.0896. The number of hydrogen-bond acceptors (Lipinski definition) is 4. The SMILES string of the molecule is CC(C)c1cc(C(=O)NC[C@H](c2ccccc2)N2CCCCCC2)on1. The number of carbonyl (C=O) groups excluding carboxylic acids is 1. The third-order valence-corrected chi connectivity index (χ3v) is 5.07. The van der Waals surface area contributed by atoms with Crippen molar-refractivity contribution in [3.05, 3.63) is 53.4 Å². The molecule has 1 aromatic heterocycles. The number of amides is 1. The highest BCUT2D eigenvalue weighted by molar-refractivity contribution is 5.91. The third-order valence-electron chi connectivity index (χ3n) is 5.07. The maximum absolute atomic E-state index is 12.5. The maximum Gasteiger partial charge on any atom is 0.289 e. The number of rotatable bonds is 6. The molecule has 5 heteroatoms. The number of nitrogens with zero attached hydrogens (tertiary/aromatic N) is 2. The zero-order valence-electron chi connectivity index (χ0n) is 15.8. The molecule has 5 nitrogen and oxygen atoms in total. The van der Waals surface area contributed by atoms with Crippen molar-refractivity contribution in [2.75, 3.05) is 19.6 Å². The van der Waals surface area contributed by atoms with Crippen LogP contribution in [0.25, 0.3) is 0 Å². The zero-order valence-corrected chi connectivity index (χ0v) is 15.8. The molecule has 3 rings (SSSR count). The number of aromatic nitrogens is 1. The van der Waals surface area contributed by atoms with Crippen LogP contribution in [0.4, 0.5) is 0 Å². The van der Waals surface area contributed by atoms with E-state index in [1.165, 1.54) is 31.2 Å². The summed E-state index contributed by atoms with van der Waals surface area (Å²) in [5, 5.41) is 7.03. The molecule has 0 aliphatic carbocycles. The second kappa shape index (κ2) is 8.99. The van der Waals surface area contributed by atoms with Gasteiger partial charge in [0.15, 0.2) is 0 Å². The van der Waals surface area contributed by atoms with Gasteiger partial charge in [0.2, 0.25) is 5.76 Å². The van der Waals surface area contributed by atoms with Crippen molar-refractivity contribution in [2.45, 2.75) is 51.5 Å². The summed E-state index contributed by atoms with van der Waals surface area (Å²) in [5.74, 6) is 0.339. The van der Waals surface area contributed by atoms with E-state index in [1.807, 2.05) is 19.9 Å². The first-order valence-electron chi connectivity index (χ1n) is 9.69. The van der Waals surface area contributed by atoms with Gasteiger partial charge in [0.1, 0.15) is 0 Å². The molecule has 1 saturated heterocycles. The van der Waals surface area contributed by atoms with E-state index in [9.17, 15) is 4.79 Å². The van der Waals surface area contributed by atoms with Gasteiger partial charge in [-0.1, -0.05) is 62.2 Å². The molecule has 2 heterocycles. The third kappa shape index (κ3) is 4.73. The maximum atomic E-state index is 12.5. The Balaban J connectivity index is 1.69. The molecule has 2 aromatic rings. The van der Waals surface area contributed by atoms with E-state index in [0.29, 0.717) is 6.54 Å². The number of nitrogens with one attached hydrogen (secondary N) is 1. The predicted octanol–water partition coefficient (Wildman–Crippen LogP) is 4.15. The fourth-order valence-corrected chi connectivity index (χ4v) is 3.48. The van der Waals surface area contributed by atoms with Crippen LogP contribution in [0, 0.1) is 0 Å². The Kier molecular flexibility index (Phi) is 6.45. The molecule has 0 saturated carbocycles. The van der Waals surface area contributed by atoms with E-state index in [4.69, 9.17) is 4.52 Å². The minimum Gasteiger partial charge on any atom is -0.351 e. The summed E-state index contributed by atoms with van der Waals surface area (Å²) in [5.41, 5.74) is 2.05. The fourth-order valence-electron chi connectivity index (χ4n) is 3.48. The van der Waals surface area contributed by atoms with Crippen LogP contribution in [0.1, 0.15) is 73.3 Å². The highest BCUT2D eigenvalue weighted by Gasteiger charge is 2.23. The first-order valence-corrected chi connectivity index (χ1v) is 9.69. The van der Waals surface area contributed by atoms with Crippen LogP contribution in [0.15, 0.2) is 40.9 Å². The van der Waals surface area contributed by atoms with Crippen LogP contribution < -0.4 is 5.32 Å². The molecule has 0 unspecified atom stereocenters. The first-order chi connectivity index (χ1) is 12.6. The van der Waals surface area contributed by atoms with E-state index in [1.54, 1.807) is 6.07 Å². The Labute approximate surface area is 155 Å². The summed E-state index contributed by atoms with van der Waals surface area (Å²) < 4.78 is 5.22. The van der Waals surface area contributed by atoms with Crippen molar-refractivity contribution in [1.29, 1.82) is 0 Å². The van der Waals surface area contributed by atoms with Gasteiger partial charge >= 0.3 is 0 Å². The van der Waals surface area contributed by atoms with Crippen molar-refractivity contribution >= 4 is 5.91 Å². The molecular weight excluding hydrogens is 326 g/mol. The molecule has 0 radical (unpaired) electrons. The lowest BCUT2D eigenvalue weighted by Crippen LogP contribution is -2.38. The van der Waals surface area contributed by atoms with E-state index >= 15 is 0 Å². The Bertz CT molecular complexity index is 688. The van der Waals surface area contributed by atoms with Crippen LogP contribution in [-0.2, 0) is 0 Å². The number of benzene rings is 1. The molecule has 26 heavy (non-hydrogen) atoms. The summed E-state index contributed by atoms with van der Waals surface area (Å²) in [6.07, 6.45) is 5.02. The van der Waals surface area contributed by atoms with Crippen LogP contribution in [0.3, 0.4) is 0 Å². The number of carbonyl (C=O) groups is 1. The molecule has 1 N–H and O–H groups in total. The molecule has 1 amide bonds. The summed E-state index contributed by atoms with van der Waals surface area (Å²) in [7, 11) is 0.